The molecule has 0 aliphatic heterocycles. The number of amides is 1. The molecule has 4 nitrogen and oxygen atoms in total. The third kappa shape index (κ3) is 5.66. The lowest BCUT2D eigenvalue weighted by Gasteiger charge is -2.28. The van der Waals surface area contributed by atoms with Crippen molar-refractivity contribution in [1.82, 2.24) is 5.32 Å². The summed E-state index contributed by atoms with van der Waals surface area (Å²) in [4.78, 5) is 23.9. The summed E-state index contributed by atoms with van der Waals surface area (Å²) in [5.41, 5.74) is 0.925. The first-order valence-corrected chi connectivity index (χ1v) is 9.17. The molecule has 0 aromatic heterocycles. The Morgan fingerprint density at radius 1 is 1.17 bits per heavy atom. The van der Waals surface area contributed by atoms with Crippen molar-refractivity contribution in [1.29, 1.82) is 0 Å². The highest BCUT2D eigenvalue weighted by molar-refractivity contribution is 5.85. The predicted molar refractivity (Wildman–Crippen MR) is 94.7 cm³/mol. The van der Waals surface area contributed by atoms with Gasteiger partial charge in [-0.05, 0) is 37.2 Å². The van der Waals surface area contributed by atoms with E-state index >= 15 is 0 Å². The van der Waals surface area contributed by atoms with E-state index in [4.69, 9.17) is 0 Å². The van der Waals surface area contributed by atoms with Crippen LogP contribution in [0.3, 0.4) is 0 Å². The Kier molecular flexibility index (Phi) is 7.29. The molecular weight excluding hydrogens is 302 g/mol. The van der Waals surface area contributed by atoms with Crippen LogP contribution in [0.2, 0.25) is 0 Å². The largest absolute Gasteiger partial charge is 0.480 e. The second-order valence-electron chi connectivity index (χ2n) is 6.95. The van der Waals surface area contributed by atoms with Crippen LogP contribution in [0.15, 0.2) is 30.3 Å². The zero-order valence-corrected chi connectivity index (χ0v) is 14.5. The Morgan fingerprint density at radius 2 is 1.83 bits per heavy atom. The maximum atomic E-state index is 12.4. The predicted octanol–water partition coefficient (Wildman–Crippen LogP) is 3.80. The number of carboxylic acid groups (broad SMARTS) is 1. The van der Waals surface area contributed by atoms with Crippen LogP contribution in [-0.4, -0.2) is 23.0 Å². The van der Waals surface area contributed by atoms with Gasteiger partial charge in [0.1, 0.15) is 6.04 Å². The number of rotatable bonds is 8. The summed E-state index contributed by atoms with van der Waals surface area (Å²) in [5, 5.41) is 12.2. The topological polar surface area (TPSA) is 66.4 Å². The molecule has 0 bridgehead atoms. The lowest BCUT2D eigenvalue weighted by atomic mass is 9.79. The van der Waals surface area contributed by atoms with Crippen LogP contribution in [0.5, 0.6) is 0 Å². The van der Waals surface area contributed by atoms with E-state index in [0.717, 1.165) is 37.2 Å². The van der Waals surface area contributed by atoms with E-state index in [1.165, 1.54) is 19.3 Å². The van der Waals surface area contributed by atoms with E-state index < -0.39 is 12.0 Å². The summed E-state index contributed by atoms with van der Waals surface area (Å²) < 4.78 is 0. The second-order valence-corrected chi connectivity index (χ2v) is 6.95. The summed E-state index contributed by atoms with van der Waals surface area (Å²) in [6, 6.07) is 8.59. The van der Waals surface area contributed by atoms with Crippen molar-refractivity contribution in [2.24, 2.45) is 11.8 Å². The van der Waals surface area contributed by atoms with Crippen LogP contribution in [0.25, 0.3) is 0 Å². The van der Waals surface area contributed by atoms with Gasteiger partial charge in [0.2, 0.25) is 5.91 Å². The Balaban J connectivity index is 1.84. The van der Waals surface area contributed by atoms with Gasteiger partial charge in [-0.15, -0.1) is 0 Å². The molecule has 0 heterocycles. The van der Waals surface area contributed by atoms with E-state index in [9.17, 15) is 14.7 Å². The van der Waals surface area contributed by atoms with Crippen molar-refractivity contribution in [2.75, 3.05) is 0 Å². The van der Waals surface area contributed by atoms with Crippen LogP contribution in [0.4, 0.5) is 0 Å². The number of benzene rings is 1. The van der Waals surface area contributed by atoms with Gasteiger partial charge < -0.3 is 10.4 Å². The molecule has 0 radical (unpaired) electrons. The van der Waals surface area contributed by atoms with Gasteiger partial charge in [-0.1, -0.05) is 56.5 Å². The molecule has 1 amide bonds. The summed E-state index contributed by atoms with van der Waals surface area (Å²) in [7, 11) is 0. The molecule has 1 aliphatic carbocycles. The maximum absolute atomic E-state index is 12.4. The quantitative estimate of drug-likeness (QED) is 0.761. The number of hydrogen-bond donors (Lipinski definition) is 2. The first kappa shape index (κ1) is 18.5. The van der Waals surface area contributed by atoms with Gasteiger partial charge in [-0.25, -0.2) is 4.79 Å². The molecule has 1 aromatic carbocycles. The SMILES string of the molecule is CCCCC1CCC(C(=O)N[C@H](Cc2ccccc2)C(=O)O)CC1. The van der Waals surface area contributed by atoms with E-state index in [-0.39, 0.29) is 11.8 Å². The van der Waals surface area contributed by atoms with Crippen molar-refractivity contribution in [3.05, 3.63) is 35.9 Å². The molecule has 0 saturated heterocycles. The normalized spacial score (nSPS) is 21.9. The molecule has 0 spiro atoms. The fraction of sp³-hybridized carbons (Fsp3) is 0.600. The summed E-state index contributed by atoms with van der Waals surface area (Å²) >= 11 is 0. The van der Waals surface area contributed by atoms with Crippen molar-refractivity contribution in [3.63, 3.8) is 0 Å². The highest BCUT2D eigenvalue weighted by Crippen LogP contribution is 2.32. The third-order valence-electron chi connectivity index (χ3n) is 5.08. The minimum absolute atomic E-state index is 0.0273. The van der Waals surface area contributed by atoms with E-state index in [1.54, 1.807) is 0 Å². The fourth-order valence-corrected chi connectivity index (χ4v) is 3.55. The summed E-state index contributed by atoms with van der Waals surface area (Å²) in [6.45, 7) is 2.21. The second kappa shape index (κ2) is 9.45. The molecule has 2 rings (SSSR count). The Labute approximate surface area is 144 Å². The average molecular weight is 331 g/mol. The highest BCUT2D eigenvalue weighted by atomic mass is 16.4. The number of hydrogen-bond acceptors (Lipinski definition) is 2. The monoisotopic (exact) mass is 331 g/mol. The van der Waals surface area contributed by atoms with Crippen LogP contribution >= 0.6 is 0 Å². The average Bonchev–Trinajstić information content (AvgIpc) is 2.60. The van der Waals surface area contributed by atoms with Crippen molar-refractivity contribution in [2.45, 2.75) is 64.3 Å². The van der Waals surface area contributed by atoms with Crippen molar-refractivity contribution < 1.29 is 14.7 Å². The fourth-order valence-electron chi connectivity index (χ4n) is 3.55. The molecule has 2 N–H and O–H groups in total. The third-order valence-corrected chi connectivity index (χ3v) is 5.08. The van der Waals surface area contributed by atoms with Gasteiger partial charge in [0.05, 0.1) is 0 Å². The number of carbonyl (C=O) groups excluding carboxylic acids is 1. The summed E-state index contributed by atoms with van der Waals surface area (Å²) in [6.07, 6.45) is 8.03. The first-order valence-electron chi connectivity index (χ1n) is 9.17. The van der Waals surface area contributed by atoms with Gasteiger partial charge in [-0.3, -0.25) is 4.79 Å². The number of carbonyl (C=O) groups is 2. The molecule has 1 aromatic rings. The number of aliphatic carboxylic acids is 1. The minimum atomic E-state index is -0.969. The minimum Gasteiger partial charge on any atom is -0.480 e. The van der Waals surface area contributed by atoms with Crippen LogP contribution in [0, 0.1) is 11.8 Å². The zero-order chi connectivity index (χ0) is 17.4. The Hall–Kier alpha value is -1.84. The van der Waals surface area contributed by atoms with Crippen LogP contribution in [-0.2, 0) is 16.0 Å². The molecule has 4 heteroatoms. The number of unbranched alkanes of at least 4 members (excludes halogenated alkanes) is 1. The van der Waals surface area contributed by atoms with Crippen molar-refractivity contribution in [3.8, 4) is 0 Å². The van der Waals surface area contributed by atoms with Gasteiger partial charge in [0.15, 0.2) is 0 Å². The highest BCUT2D eigenvalue weighted by Gasteiger charge is 2.29. The standard InChI is InChI=1S/C20H29NO3/c1-2-3-7-15-10-12-17(13-11-15)19(22)21-18(20(23)24)14-16-8-5-4-6-9-16/h4-6,8-9,15,17-18H,2-3,7,10-14H2,1H3,(H,21,22)(H,23,24)/t15?,17?,18-/m1/s1. The molecule has 0 unspecified atom stereocenters. The lowest BCUT2D eigenvalue weighted by Crippen LogP contribution is -2.45. The van der Waals surface area contributed by atoms with Gasteiger partial charge >= 0.3 is 5.97 Å². The molecular formula is C20H29NO3. The lowest BCUT2D eigenvalue weighted by molar-refractivity contribution is -0.142. The molecule has 1 fully saturated rings. The van der Waals surface area contributed by atoms with E-state index in [2.05, 4.69) is 12.2 Å². The van der Waals surface area contributed by atoms with Crippen LogP contribution < -0.4 is 5.32 Å². The zero-order valence-electron chi connectivity index (χ0n) is 14.5. The van der Waals surface area contributed by atoms with E-state index in [1.807, 2.05) is 30.3 Å². The molecule has 24 heavy (non-hydrogen) atoms. The van der Waals surface area contributed by atoms with E-state index in [0.29, 0.717) is 6.42 Å². The van der Waals surface area contributed by atoms with Crippen LogP contribution in [0.1, 0.15) is 57.4 Å². The van der Waals surface area contributed by atoms with Gasteiger partial charge in [0, 0.05) is 12.3 Å². The Morgan fingerprint density at radius 3 is 2.42 bits per heavy atom. The van der Waals surface area contributed by atoms with Gasteiger partial charge in [0.25, 0.3) is 0 Å². The molecule has 132 valence electrons. The van der Waals surface area contributed by atoms with Gasteiger partial charge in [-0.2, -0.15) is 0 Å². The maximum Gasteiger partial charge on any atom is 0.326 e. The number of nitrogens with one attached hydrogen (secondary N) is 1. The Bertz CT molecular complexity index is 521. The summed E-state index contributed by atoms with van der Waals surface area (Å²) in [5.74, 6) is -0.342. The first-order chi connectivity index (χ1) is 11.6. The smallest absolute Gasteiger partial charge is 0.326 e. The van der Waals surface area contributed by atoms with Crippen molar-refractivity contribution >= 4 is 11.9 Å². The number of carboxylic acids is 1. The molecule has 1 aliphatic rings. The molecule has 1 saturated carbocycles. The molecule has 1 atom stereocenters.